The molecule has 3 rings (SSSR count). The molecule has 0 radical (unpaired) electrons. The van der Waals surface area contributed by atoms with E-state index in [0.717, 1.165) is 25.7 Å². The average Bonchev–Trinajstić information content (AvgIpc) is 3.12. The molecule has 2 fully saturated rings. The van der Waals surface area contributed by atoms with Gasteiger partial charge < -0.3 is 10.0 Å². The molecule has 6 nitrogen and oxygen atoms in total. The number of sulfonamides is 1. The summed E-state index contributed by atoms with van der Waals surface area (Å²) in [6, 6.07) is 6.13. The van der Waals surface area contributed by atoms with Gasteiger partial charge in [-0.2, -0.15) is 0 Å². The number of rotatable bonds is 6. The molecular weight excluding hydrogens is 364 g/mol. The summed E-state index contributed by atoms with van der Waals surface area (Å²) in [5.74, 6) is 0.400. The largest absolute Gasteiger partial charge is 0.390 e. The molecule has 0 bridgehead atoms. The number of hydrogen-bond acceptors (Lipinski definition) is 4. The second-order valence-corrected chi connectivity index (χ2v) is 9.62. The third-order valence-electron chi connectivity index (χ3n) is 6.17. The summed E-state index contributed by atoms with van der Waals surface area (Å²) < 4.78 is 26.9. The smallest absolute Gasteiger partial charge is 0.253 e. The van der Waals surface area contributed by atoms with Gasteiger partial charge in [0.15, 0.2) is 0 Å². The lowest BCUT2D eigenvalue weighted by atomic mass is 9.69. The van der Waals surface area contributed by atoms with Crippen molar-refractivity contribution in [1.29, 1.82) is 0 Å². The average molecular weight is 395 g/mol. The molecule has 0 spiro atoms. The van der Waals surface area contributed by atoms with Crippen molar-refractivity contribution in [3.8, 4) is 0 Å². The molecule has 2 N–H and O–H groups in total. The van der Waals surface area contributed by atoms with Crippen LogP contribution < -0.4 is 4.72 Å². The highest BCUT2D eigenvalue weighted by molar-refractivity contribution is 7.89. The van der Waals surface area contributed by atoms with Crippen LogP contribution in [0.5, 0.6) is 0 Å². The minimum atomic E-state index is -3.53. The molecule has 1 aliphatic carbocycles. The molecule has 1 heterocycles. The van der Waals surface area contributed by atoms with Gasteiger partial charge in [-0.15, -0.1) is 0 Å². The number of carbonyl (C=O) groups excluding carboxylic acids is 1. The number of hydrogen-bond donors (Lipinski definition) is 2. The topological polar surface area (TPSA) is 86.7 Å². The molecule has 1 amide bonds. The minimum absolute atomic E-state index is 0.0895. The number of fused-ring (bicyclic) bond motifs is 1. The monoisotopic (exact) mass is 394 g/mol. The third kappa shape index (κ3) is 4.05. The number of amides is 1. The van der Waals surface area contributed by atoms with Crippen LogP contribution in [0, 0.1) is 11.8 Å². The van der Waals surface area contributed by atoms with Gasteiger partial charge in [-0.1, -0.05) is 20.3 Å². The van der Waals surface area contributed by atoms with Crippen LogP contribution in [0.2, 0.25) is 0 Å². The minimum Gasteiger partial charge on any atom is -0.390 e. The van der Waals surface area contributed by atoms with Crippen LogP contribution >= 0.6 is 0 Å². The number of nitrogens with one attached hydrogen (secondary N) is 1. The first kappa shape index (κ1) is 20.3. The lowest BCUT2D eigenvalue weighted by Crippen LogP contribution is -2.44. The summed E-state index contributed by atoms with van der Waals surface area (Å²) in [7, 11) is -3.53. The molecule has 2 aliphatic rings. The maximum absolute atomic E-state index is 12.9. The molecule has 150 valence electrons. The van der Waals surface area contributed by atoms with Crippen molar-refractivity contribution < 1.29 is 18.3 Å². The fourth-order valence-corrected chi connectivity index (χ4v) is 5.65. The Morgan fingerprint density at radius 2 is 1.96 bits per heavy atom. The van der Waals surface area contributed by atoms with Crippen LogP contribution in [-0.4, -0.2) is 49.6 Å². The van der Waals surface area contributed by atoms with Crippen molar-refractivity contribution in [2.75, 3.05) is 19.6 Å². The Balaban J connectivity index is 1.72. The Labute approximate surface area is 162 Å². The van der Waals surface area contributed by atoms with Crippen molar-refractivity contribution >= 4 is 15.9 Å². The number of benzene rings is 1. The summed E-state index contributed by atoms with van der Waals surface area (Å²) in [5, 5.41) is 10.9. The summed E-state index contributed by atoms with van der Waals surface area (Å²) in [6.07, 6.45) is 4.30. The Morgan fingerprint density at radius 1 is 1.26 bits per heavy atom. The van der Waals surface area contributed by atoms with Crippen molar-refractivity contribution in [2.45, 2.75) is 56.4 Å². The molecule has 1 aliphatic heterocycles. The van der Waals surface area contributed by atoms with E-state index in [9.17, 15) is 18.3 Å². The Bertz CT molecular complexity index is 778. The first-order valence-electron chi connectivity index (χ1n) is 9.92. The van der Waals surface area contributed by atoms with Crippen molar-refractivity contribution in [1.82, 2.24) is 9.62 Å². The second kappa shape index (κ2) is 7.89. The Morgan fingerprint density at radius 3 is 2.59 bits per heavy atom. The number of aliphatic hydroxyl groups is 1. The van der Waals surface area contributed by atoms with E-state index < -0.39 is 15.6 Å². The Kier molecular flexibility index (Phi) is 5.93. The van der Waals surface area contributed by atoms with Crippen LogP contribution in [0.4, 0.5) is 0 Å². The van der Waals surface area contributed by atoms with Gasteiger partial charge in [0, 0.05) is 31.1 Å². The maximum atomic E-state index is 12.9. The third-order valence-corrected chi connectivity index (χ3v) is 7.65. The van der Waals surface area contributed by atoms with E-state index in [0.29, 0.717) is 37.5 Å². The van der Waals surface area contributed by atoms with E-state index in [1.54, 1.807) is 12.1 Å². The molecule has 1 aromatic rings. The van der Waals surface area contributed by atoms with E-state index >= 15 is 0 Å². The summed E-state index contributed by atoms with van der Waals surface area (Å²) in [4.78, 5) is 14.9. The quantitative estimate of drug-likeness (QED) is 0.776. The van der Waals surface area contributed by atoms with Crippen LogP contribution in [0.15, 0.2) is 29.2 Å². The standard InChI is InChI=1S/C20H30N2O4S/c1-3-12-21-27(25,26)17-9-7-15(8-10-17)19(23)22-13-16-6-5-11-20(24,4-2)18(16)14-22/h7-10,16,18,21,24H,3-6,11-14H2,1-2H3/t16-,18+,20-/m0/s1. The van der Waals surface area contributed by atoms with Crippen LogP contribution in [0.1, 0.15) is 56.3 Å². The molecule has 0 aromatic heterocycles. The lowest BCUT2D eigenvalue weighted by Gasteiger charge is -2.40. The molecule has 27 heavy (non-hydrogen) atoms. The van der Waals surface area contributed by atoms with Gasteiger partial charge in [-0.05, 0) is 55.9 Å². The first-order valence-corrected chi connectivity index (χ1v) is 11.4. The van der Waals surface area contributed by atoms with E-state index in [1.807, 2.05) is 18.7 Å². The van der Waals surface area contributed by atoms with Gasteiger partial charge in [-0.25, -0.2) is 13.1 Å². The SMILES string of the molecule is CCCNS(=O)(=O)c1ccc(C(=O)N2C[C@@H]3CCC[C@@](O)(CC)[C@@H]3C2)cc1. The zero-order chi connectivity index (χ0) is 19.7. The summed E-state index contributed by atoms with van der Waals surface area (Å²) >= 11 is 0. The van der Waals surface area contributed by atoms with Crippen LogP contribution in [0.3, 0.4) is 0 Å². The highest BCUT2D eigenvalue weighted by Gasteiger charge is 2.48. The predicted molar refractivity (Wildman–Crippen MR) is 104 cm³/mol. The highest BCUT2D eigenvalue weighted by atomic mass is 32.2. The second-order valence-electron chi connectivity index (χ2n) is 7.85. The zero-order valence-corrected chi connectivity index (χ0v) is 17.0. The van der Waals surface area contributed by atoms with Crippen molar-refractivity contribution in [3.05, 3.63) is 29.8 Å². The molecule has 3 atom stereocenters. The number of carbonyl (C=O) groups is 1. The van der Waals surface area contributed by atoms with Gasteiger partial charge in [-0.3, -0.25) is 4.79 Å². The van der Waals surface area contributed by atoms with Gasteiger partial charge in [0.25, 0.3) is 5.91 Å². The fraction of sp³-hybridized carbons (Fsp3) is 0.650. The van der Waals surface area contributed by atoms with Gasteiger partial charge >= 0.3 is 0 Å². The lowest BCUT2D eigenvalue weighted by molar-refractivity contribution is -0.0609. The molecule has 7 heteroatoms. The molecule has 1 saturated carbocycles. The molecular formula is C20H30N2O4S. The van der Waals surface area contributed by atoms with Crippen molar-refractivity contribution in [3.63, 3.8) is 0 Å². The van der Waals surface area contributed by atoms with E-state index in [2.05, 4.69) is 4.72 Å². The van der Waals surface area contributed by atoms with E-state index in [-0.39, 0.29) is 16.7 Å². The summed E-state index contributed by atoms with van der Waals surface area (Å²) in [5.41, 5.74) is -0.177. The maximum Gasteiger partial charge on any atom is 0.253 e. The van der Waals surface area contributed by atoms with Crippen molar-refractivity contribution in [2.24, 2.45) is 11.8 Å². The van der Waals surface area contributed by atoms with Crippen LogP contribution in [-0.2, 0) is 10.0 Å². The first-order chi connectivity index (χ1) is 12.8. The fourth-order valence-electron chi connectivity index (χ4n) is 4.51. The van der Waals surface area contributed by atoms with E-state index in [4.69, 9.17) is 0 Å². The molecule has 1 aromatic carbocycles. The Hall–Kier alpha value is -1.44. The van der Waals surface area contributed by atoms with Gasteiger partial charge in [0.1, 0.15) is 0 Å². The van der Waals surface area contributed by atoms with Gasteiger partial charge in [0.2, 0.25) is 10.0 Å². The highest BCUT2D eigenvalue weighted by Crippen LogP contribution is 2.44. The van der Waals surface area contributed by atoms with Gasteiger partial charge in [0.05, 0.1) is 10.5 Å². The normalized spacial score (nSPS) is 28.2. The predicted octanol–water partition coefficient (Wildman–Crippen LogP) is 2.39. The number of likely N-dealkylation sites (tertiary alicyclic amines) is 1. The summed E-state index contributed by atoms with van der Waals surface area (Å²) in [6.45, 7) is 5.55. The van der Waals surface area contributed by atoms with Crippen LogP contribution in [0.25, 0.3) is 0 Å². The number of nitrogens with zero attached hydrogens (tertiary/aromatic N) is 1. The molecule has 0 unspecified atom stereocenters. The van der Waals surface area contributed by atoms with E-state index in [1.165, 1.54) is 12.1 Å². The zero-order valence-electron chi connectivity index (χ0n) is 16.1. The molecule has 1 saturated heterocycles.